The first-order valence-electron chi connectivity index (χ1n) is 8.78. The maximum Gasteiger partial charge on any atom is 0.251 e. The topological polar surface area (TPSA) is 72.2 Å². The molecule has 0 unspecified atom stereocenters. The van der Waals surface area contributed by atoms with Gasteiger partial charge in [-0.2, -0.15) is 0 Å². The molecule has 4 atom stereocenters. The zero-order chi connectivity index (χ0) is 16.1. The van der Waals surface area contributed by atoms with E-state index in [2.05, 4.69) is 12.2 Å². The Morgan fingerprint density at radius 3 is 2.70 bits per heavy atom. The predicted molar refractivity (Wildman–Crippen MR) is 91.6 cm³/mol. The third kappa shape index (κ3) is 2.59. The molecule has 2 fully saturated rings. The number of nitrogens with two attached hydrogens (primary N) is 1. The normalized spacial score (nSPS) is 31.9. The molecule has 23 heavy (non-hydrogen) atoms. The molecule has 0 aromatic carbocycles. The molecule has 4 nitrogen and oxygen atoms in total. The van der Waals surface area contributed by atoms with Gasteiger partial charge in [0, 0.05) is 10.8 Å². The predicted octanol–water partition coefficient (Wildman–Crippen LogP) is 3.35. The Kier molecular flexibility index (Phi) is 3.71. The molecule has 124 valence electrons. The van der Waals surface area contributed by atoms with Crippen LogP contribution in [0.1, 0.15) is 59.8 Å². The Labute approximate surface area is 140 Å². The zero-order valence-corrected chi connectivity index (χ0v) is 14.4. The average molecular weight is 332 g/mol. The van der Waals surface area contributed by atoms with Crippen molar-refractivity contribution in [2.75, 3.05) is 5.32 Å². The fourth-order valence-corrected chi connectivity index (χ4v) is 6.29. The Morgan fingerprint density at radius 1 is 1.22 bits per heavy atom. The highest BCUT2D eigenvalue weighted by Crippen LogP contribution is 2.49. The number of anilines is 1. The van der Waals surface area contributed by atoms with Gasteiger partial charge < -0.3 is 11.1 Å². The van der Waals surface area contributed by atoms with Crippen molar-refractivity contribution in [3.63, 3.8) is 0 Å². The van der Waals surface area contributed by atoms with Crippen LogP contribution in [-0.4, -0.2) is 11.8 Å². The van der Waals surface area contributed by atoms with E-state index in [0.29, 0.717) is 22.4 Å². The number of carbonyl (C=O) groups is 2. The number of primary amides is 1. The van der Waals surface area contributed by atoms with Crippen LogP contribution in [0, 0.1) is 23.7 Å². The van der Waals surface area contributed by atoms with Gasteiger partial charge in [0.1, 0.15) is 5.00 Å². The summed E-state index contributed by atoms with van der Waals surface area (Å²) in [4.78, 5) is 25.9. The van der Waals surface area contributed by atoms with E-state index in [1.54, 1.807) is 11.3 Å². The van der Waals surface area contributed by atoms with Crippen LogP contribution in [0.25, 0.3) is 0 Å². The molecule has 0 saturated heterocycles. The minimum absolute atomic E-state index is 0.103. The summed E-state index contributed by atoms with van der Waals surface area (Å²) in [5.41, 5.74) is 7.29. The van der Waals surface area contributed by atoms with Gasteiger partial charge in [0.15, 0.2) is 0 Å². The van der Waals surface area contributed by atoms with Crippen LogP contribution in [0.2, 0.25) is 0 Å². The van der Waals surface area contributed by atoms with E-state index in [0.717, 1.165) is 37.2 Å². The van der Waals surface area contributed by atoms with Gasteiger partial charge in [0.25, 0.3) is 5.91 Å². The van der Waals surface area contributed by atoms with E-state index in [9.17, 15) is 9.59 Å². The van der Waals surface area contributed by atoms with Gasteiger partial charge in [0.2, 0.25) is 5.91 Å². The highest BCUT2D eigenvalue weighted by atomic mass is 32.1. The average Bonchev–Trinajstić information content (AvgIpc) is 3.18. The summed E-state index contributed by atoms with van der Waals surface area (Å²) in [6, 6.07) is 0. The largest absolute Gasteiger partial charge is 0.365 e. The van der Waals surface area contributed by atoms with Crippen molar-refractivity contribution < 1.29 is 9.59 Å². The van der Waals surface area contributed by atoms with Crippen molar-refractivity contribution in [1.82, 2.24) is 0 Å². The van der Waals surface area contributed by atoms with Crippen molar-refractivity contribution in [2.24, 2.45) is 29.4 Å². The maximum absolute atomic E-state index is 12.7. The SMILES string of the molecule is C[C@@H]1CCc2c(sc(NC(=O)[C@@H]3C[C@H]4CC[C@H]3C4)c2C(N)=O)C1. The lowest BCUT2D eigenvalue weighted by atomic mass is 9.87. The van der Waals surface area contributed by atoms with Gasteiger partial charge in [0.05, 0.1) is 5.56 Å². The van der Waals surface area contributed by atoms with Gasteiger partial charge in [-0.25, -0.2) is 0 Å². The summed E-state index contributed by atoms with van der Waals surface area (Å²) in [5.74, 6) is 1.76. The molecule has 3 aliphatic carbocycles. The van der Waals surface area contributed by atoms with E-state index in [-0.39, 0.29) is 11.8 Å². The van der Waals surface area contributed by atoms with E-state index in [4.69, 9.17) is 5.73 Å². The summed E-state index contributed by atoms with van der Waals surface area (Å²) in [6.07, 6.45) is 7.67. The third-order valence-corrected chi connectivity index (χ3v) is 7.24. The quantitative estimate of drug-likeness (QED) is 0.891. The lowest BCUT2D eigenvalue weighted by Gasteiger charge is -2.20. The second-order valence-electron chi connectivity index (χ2n) is 7.69. The highest BCUT2D eigenvalue weighted by Gasteiger charge is 2.43. The molecule has 0 aliphatic heterocycles. The molecule has 3 N–H and O–H groups in total. The van der Waals surface area contributed by atoms with Gasteiger partial charge in [-0.15, -0.1) is 11.3 Å². The Balaban J connectivity index is 1.59. The monoisotopic (exact) mass is 332 g/mol. The Bertz CT molecular complexity index is 666. The molecule has 0 radical (unpaired) electrons. The molecule has 1 aromatic rings. The molecule has 0 spiro atoms. The number of fused-ring (bicyclic) bond motifs is 3. The molecule has 5 heteroatoms. The van der Waals surface area contributed by atoms with Gasteiger partial charge in [-0.1, -0.05) is 13.3 Å². The van der Waals surface area contributed by atoms with Crippen molar-refractivity contribution in [2.45, 2.75) is 51.9 Å². The second-order valence-corrected chi connectivity index (χ2v) is 8.80. The summed E-state index contributed by atoms with van der Waals surface area (Å²) >= 11 is 1.57. The molecule has 1 aromatic heterocycles. The summed E-state index contributed by atoms with van der Waals surface area (Å²) in [6.45, 7) is 2.24. The first-order valence-corrected chi connectivity index (χ1v) is 9.59. The van der Waals surface area contributed by atoms with Gasteiger partial charge >= 0.3 is 0 Å². The van der Waals surface area contributed by atoms with E-state index in [1.807, 2.05) is 0 Å². The summed E-state index contributed by atoms with van der Waals surface area (Å²) in [7, 11) is 0. The van der Waals surface area contributed by atoms with Crippen molar-refractivity contribution in [1.29, 1.82) is 0 Å². The number of amides is 2. The zero-order valence-electron chi connectivity index (χ0n) is 13.6. The van der Waals surface area contributed by atoms with E-state index < -0.39 is 5.91 Å². The smallest absolute Gasteiger partial charge is 0.251 e. The van der Waals surface area contributed by atoms with Crippen molar-refractivity contribution in [3.05, 3.63) is 16.0 Å². The molecule has 4 rings (SSSR count). The van der Waals surface area contributed by atoms with Crippen LogP contribution in [0.5, 0.6) is 0 Å². The lowest BCUT2D eigenvalue weighted by molar-refractivity contribution is -0.121. The fraction of sp³-hybridized carbons (Fsp3) is 0.667. The lowest BCUT2D eigenvalue weighted by Crippen LogP contribution is -2.28. The third-order valence-electron chi connectivity index (χ3n) is 6.07. The summed E-state index contributed by atoms with van der Waals surface area (Å²) in [5, 5.41) is 3.77. The second kappa shape index (κ2) is 5.62. The molecular weight excluding hydrogens is 308 g/mol. The summed E-state index contributed by atoms with van der Waals surface area (Å²) < 4.78 is 0. The number of hydrogen-bond donors (Lipinski definition) is 2. The van der Waals surface area contributed by atoms with Crippen LogP contribution >= 0.6 is 11.3 Å². The van der Waals surface area contributed by atoms with Crippen LogP contribution in [-0.2, 0) is 17.6 Å². The minimum atomic E-state index is -0.403. The first-order chi connectivity index (χ1) is 11.0. The number of thiophene rings is 1. The Morgan fingerprint density at radius 2 is 2.04 bits per heavy atom. The number of rotatable bonds is 3. The number of carbonyl (C=O) groups excluding carboxylic acids is 2. The van der Waals surface area contributed by atoms with Crippen LogP contribution < -0.4 is 11.1 Å². The molecule has 3 aliphatic rings. The minimum Gasteiger partial charge on any atom is -0.365 e. The van der Waals surface area contributed by atoms with Crippen LogP contribution in [0.4, 0.5) is 5.00 Å². The number of hydrogen-bond acceptors (Lipinski definition) is 3. The van der Waals surface area contributed by atoms with Crippen molar-refractivity contribution in [3.8, 4) is 0 Å². The maximum atomic E-state index is 12.7. The van der Waals surface area contributed by atoms with Gasteiger partial charge in [-0.3, -0.25) is 9.59 Å². The van der Waals surface area contributed by atoms with E-state index in [1.165, 1.54) is 24.1 Å². The van der Waals surface area contributed by atoms with Crippen molar-refractivity contribution >= 4 is 28.2 Å². The molecule has 2 amide bonds. The standard InChI is InChI=1S/C18H24N2O2S/c1-9-2-5-12-14(6-9)23-18(15(12)16(19)21)20-17(22)13-8-10-3-4-11(13)7-10/h9-11,13H,2-8H2,1H3,(H2,19,21)(H,20,22)/t9-,10+,11+,13-/m1/s1. The molecule has 2 saturated carbocycles. The highest BCUT2D eigenvalue weighted by molar-refractivity contribution is 7.17. The fourth-order valence-electron chi connectivity index (χ4n) is 4.87. The molecule has 2 bridgehead atoms. The molecular formula is C18H24N2O2S. The first kappa shape index (κ1) is 15.2. The van der Waals surface area contributed by atoms with Crippen LogP contribution in [0.15, 0.2) is 0 Å². The van der Waals surface area contributed by atoms with Gasteiger partial charge in [-0.05, 0) is 61.8 Å². The van der Waals surface area contributed by atoms with E-state index >= 15 is 0 Å². The Hall–Kier alpha value is -1.36. The number of nitrogens with one attached hydrogen (secondary N) is 1. The molecule has 1 heterocycles. The van der Waals surface area contributed by atoms with Crippen LogP contribution in [0.3, 0.4) is 0 Å².